The molecule has 0 spiro atoms. The maximum atomic E-state index is 11.5. The van der Waals surface area contributed by atoms with Crippen LogP contribution in [0, 0.1) is 11.3 Å². The highest BCUT2D eigenvalue weighted by Gasteiger charge is 2.33. The largest absolute Gasteiger partial charge is 0.375 e. The van der Waals surface area contributed by atoms with Gasteiger partial charge in [0, 0.05) is 13.1 Å². The number of carbonyl (C=O) groups excluding carboxylic acids is 1. The van der Waals surface area contributed by atoms with Crippen LogP contribution in [0.5, 0.6) is 0 Å². The second kappa shape index (κ2) is 5.83. The molecule has 2 atom stereocenters. The zero-order valence-corrected chi connectivity index (χ0v) is 10.9. The Hall–Kier alpha value is -1.90. The standard InChI is InChI=1S/C14H17N3O2/c1-10-13(14(16)18)17(5-6-19-10)9-12-4-2-3-11(7-12)8-15/h2-4,7,10,13H,5-6,9H2,1H3,(H2,16,18)/t10-,13+/m1/s1. The molecule has 0 radical (unpaired) electrons. The van der Waals surface area contributed by atoms with Gasteiger partial charge in [0.25, 0.3) is 0 Å². The van der Waals surface area contributed by atoms with Crippen molar-refractivity contribution in [1.82, 2.24) is 4.90 Å². The van der Waals surface area contributed by atoms with Crippen molar-refractivity contribution in [1.29, 1.82) is 5.26 Å². The Bertz CT molecular complexity index is 510. The van der Waals surface area contributed by atoms with E-state index in [1.165, 1.54) is 0 Å². The smallest absolute Gasteiger partial charge is 0.237 e. The Labute approximate surface area is 112 Å². The van der Waals surface area contributed by atoms with Crippen LogP contribution in [0.25, 0.3) is 0 Å². The van der Waals surface area contributed by atoms with Crippen LogP contribution in [-0.4, -0.2) is 36.1 Å². The number of nitriles is 1. The molecule has 0 bridgehead atoms. The third kappa shape index (κ3) is 3.11. The van der Waals surface area contributed by atoms with E-state index in [9.17, 15) is 4.79 Å². The van der Waals surface area contributed by atoms with Crippen LogP contribution in [-0.2, 0) is 16.1 Å². The van der Waals surface area contributed by atoms with Crippen molar-refractivity contribution in [3.05, 3.63) is 35.4 Å². The number of ether oxygens (including phenoxy) is 1. The fourth-order valence-corrected chi connectivity index (χ4v) is 2.45. The summed E-state index contributed by atoms with van der Waals surface area (Å²) in [5.41, 5.74) is 7.06. The topological polar surface area (TPSA) is 79.3 Å². The molecule has 0 aliphatic carbocycles. The summed E-state index contributed by atoms with van der Waals surface area (Å²) in [5, 5.41) is 8.89. The highest BCUT2D eigenvalue weighted by molar-refractivity contribution is 5.80. The molecule has 2 rings (SSSR count). The van der Waals surface area contributed by atoms with Crippen molar-refractivity contribution in [3.63, 3.8) is 0 Å². The van der Waals surface area contributed by atoms with Crippen molar-refractivity contribution in [2.75, 3.05) is 13.2 Å². The monoisotopic (exact) mass is 259 g/mol. The lowest BCUT2D eigenvalue weighted by molar-refractivity contribution is -0.136. The minimum absolute atomic E-state index is 0.203. The van der Waals surface area contributed by atoms with E-state index in [2.05, 4.69) is 6.07 Å². The number of amides is 1. The molecule has 19 heavy (non-hydrogen) atoms. The Morgan fingerprint density at radius 2 is 2.42 bits per heavy atom. The molecule has 1 saturated heterocycles. The minimum atomic E-state index is -0.417. The molecule has 1 aromatic carbocycles. The van der Waals surface area contributed by atoms with Crippen molar-refractivity contribution < 1.29 is 9.53 Å². The molecular formula is C14H17N3O2. The van der Waals surface area contributed by atoms with Gasteiger partial charge in [-0.15, -0.1) is 0 Å². The summed E-state index contributed by atoms with van der Waals surface area (Å²) < 4.78 is 5.47. The Morgan fingerprint density at radius 3 is 3.11 bits per heavy atom. The normalized spacial score (nSPS) is 23.8. The number of hydrogen-bond donors (Lipinski definition) is 1. The summed E-state index contributed by atoms with van der Waals surface area (Å²) in [5.74, 6) is -0.372. The second-order valence-corrected chi connectivity index (χ2v) is 4.71. The SMILES string of the molecule is C[C@H]1OCCN(Cc2cccc(C#N)c2)[C@@H]1C(N)=O. The molecule has 1 aliphatic heterocycles. The lowest BCUT2D eigenvalue weighted by atomic mass is 10.1. The molecule has 100 valence electrons. The average molecular weight is 259 g/mol. The first-order valence-corrected chi connectivity index (χ1v) is 6.26. The van der Waals surface area contributed by atoms with Crippen molar-refractivity contribution in [3.8, 4) is 6.07 Å². The van der Waals surface area contributed by atoms with Gasteiger partial charge in [0.2, 0.25) is 5.91 Å². The summed E-state index contributed by atoms with van der Waals surface area (Å²) in [6.45, 7) is 3.70. The van der Waals surface area contributed by atoms with Gasteiger partial charge in [-0.3, -0.25) is 9.69 Å². The number of rotatable bonds is 3. The number of benzene rings is 1. The average Bonchev–Trinajstić information content (AvgIpc) is 2.38. The summed E-state index contributed by atoms with van der Waals surface area (Å²) >= 11 is 0. The van der Waals surface area contributed by atoms with Crippen LogP contribution >= 0.6 is 0 Å². The molecule has 5 heteroatoms. The molecule has 5 nitrogen and oxygen atoms in total. The second-order valence-electron chi connectivity index (χ2n) is 4.71. The molecule has 1 aromatic rings. The predicted molar refractivity (Wildman–Crippen MR) is 70.0 cm³/mol. The number of hydrogen-bond acceptors (Lipinski definition) is 4. The fraction of sp³-hybridized carbons (Fsp3) is 0.429. The lowest BCUT2D eigenvalue weighted by Crippen LogP contribution is -2.56. The van der Waals surface area contributed by atoms with Gasteiger partial charge in [-0.05, 0) is 24.6 Å². The number of primary amides is 1. The maximum Gasteiger partial charge on any atom is 0.237 e. The molecule has 1 fully saturated rings. The van der Waals surface area contributed by atoms with Crippen LogP contribution in [0.4, 0.5) is 0 Å². The van der Waals surface area contributed by atoms with E-state index in [1.54, 1.807) is 6.07 Å². The van der Waals surface area contributed by atoms with E-state index < -0.39 is 6.04 Å². The Kier molecular flexibility index (Phi) is 4.15. The van der Waals surface area contributed by atoms with Gasteiger partial charge in [-0.2, -0.15) is 5.26 Å². The first-order valence-electron chi connectivity index (χ1n) is 6.26. The zero-order chi connectivity index (χ0) is 13.8. The number of carbonyl (C=O) groups is 1. The first kappa shape index (κ1) is 13.5. The van der Waals surface area contributed by atoms with E-state index in [4.69, 9.17) is 15.7 Å². The molecule has 0 unspecified atom stereocenters. The van der Waals surface area contributed by atoms with Gasteiger partial charge < -0.3 is 10.5 Å². The van der Waals surface area contributed by atoms with Crippen LogP contribution in [0.3, 0.4) is 0 Å². The molecule has 1 aliphatic rings. The lowest BCUT2D eigenvalue weighted by Gasteiger charge is -2.37. The molecule has 0 aromatic heterocycles. The van der Waals surface area contributed by atoms with Gasteiger partial charge in [0.1, 0.15) is 6.04 Å². The van der Waals surface area contributed by atoms with Crippen LogP contribution in [0.15, 0.2) is 24.3 Å². The van der Waals surface area contributed by atoms with Gasteiger partial charge >= 0.3 is 0 Å². The highest BCUT2D eigenvalue weighted by atomic mass is 16.5. The molecular weight excluding hydrogens is 242 g/mol. The van der Waals surface area contributed by atoms with E-state index in [1.807, 2.05) is 30.0 Å². The van der Waals surface area contributed by atoms with E-state index in [-0.39, 0.29) is 12.0 Å². The number of nitrogens with two attached hydrogens (primary N) is 1. The van der Waals surface area contributed by atoms with Crippen molar-refractivity contribution >= 4 is 5.91 Å². The van der Waals surface area contributed by atoms with E-state index >= 15 is 0 Å². The fourth-order valence-electron chi connectivity index (χ4n) is 2.45. The number of nitrogens with zero attached hydrogens (tertiary/aromatic N) is 2. The number of morpholine rings is 1. The molecule has 2 N–H and O–H groups in total. The zero-order valence-electron chi connectivity index (χ0n) is 10.9. The molecule has 0 saturated carbocycles. The predicted octanol–water partition coefficient (Wildman–Crippen LogP) is 0.633. The third-order valence-corrected chi connectivity index (χ3v) is 3.33. The maximum absolute atomic E-state index is 11.5. The van der Waals surface area contributed by atoms with Crippen LogP contribution < -0.4 is 5.73 Å². The third-order valence-electron chi connectivity index (χ3n) is 3.33. The Morgan fingerprint density at radius 1 is 1.63 bits per heavy atom. The van der Waals surface area contributed by atoms with Crippen molar-refractivity contribution in [2.24, 2.45) is 5.73 Å². The highest BCUT2D eigenvalue weighted by Crippen LogP contribution is 2.17. The van der Waals surface area contributed by atoms with Gasteiger partial charge in [0.15, 0.2) is 0 Å². The first-order chi connectivity index (χ1) is 9.11. The molecule has 1 heterocycles. The van der Waals surface area contributed by atoms with Gasteiger partial charge in [-0.25, -0.2) is 0 Å². The van der Waals surface area contributed by atoms with E-state index in [0.717, 1.165) is 5.56 Å². The van der Waals surface area contributed by atoms with E-state index in [0.29, 0.717) is 25.3 Å². The van der Waals surface area contributed by atoms with Crippen LogP contribution in [0.2, 0.25) is 0 Å². The quantitative estimate of drug-likeness (QED) is 0.863. The molecule has 1 amide bonds. The Balaban J connectivity index is 2.16. The van der Waals surface area contributed by atoms with Gasteiger partial charge in [0.05, 0.1) is 24.3 Å². The summed E-state index contributed by atoms with van der Waals surface area (Å²) in [6.07, 6.45) is -0.203. The summed E-state index contributed by atoms with van der Waals surface area (Å²) in [6, 6.07) is 9.08. The summed E-state index contributed by atoms with van der Waals surface area (Å²) in [4.78, 5) is 13.5. The van der Waals surface area contributed by atoms with Gasteiger partial charge in [-0.1, -0.05) is 12.1 Å². The summed E-state index contributed by atoms with van der Waals surface area (Å²) in [7, 11) is 0. The minimum Gasteiger partial charge on any atom is -0.375 e. The van der Waals surface area contributed by atoms with Crippen molar-refractivity contribution in [2.45, 2.75) is 25.6 Å². The van der Waals surface area contributed by atoms with Crippen LogP contribution in [0.1, 0.15) is 18.1 Å².